The van der Waals surface area contributed by atoms with Gasteiger partial charge in [0.1, 0.15) is 0 Å². The smallest absolute Gasteiger partial charge is 0.0478 e. The monoisotopic (exact) mass is 163 g/mol. The molecule has 0 radical (unpaired) electrons. The van der Waals surface area contributed by atoms with E-state index in [0.29, 0.717) is 6.04 Å². The Balaban J connectivity index is 2.37. The highest BCUT2D eigenvalue weighted by Gasteiger charge is 2.18. The molecular formula is C9H13N3. The standard InChI is InChI=1S/C9H13N3/c10-12-9-3-1-2-7-4-5-11-6-8(7)9/h4-6,9,12H,1-3,10H2/t9-/m0/s1. The molecule has 0 fully saturated rings. The Labute approximate surface area is 72.0 Å². The molecule has 0 saturated carbocycles. The van der Waals surface area contributed by atoms with Crippen LogP contribution >= 0.6 is 0 Å². The quantitative estimate of drug-likeness (QED) is 0.478. The van der Waals surface area contributed by atoms with Crippen LogP contribution in [0.1, 0.15) is 30.0 Å². The molecule has 0 unspecified atom stereocenters. The van der Waals surface area contributed by atoms with Gasteiger partial charge < -0.3 is 0 Å². The van der Waals surface area contributed by atoms with E-state index in [2.05, 4.69) is 16.5 Å². The topological polar surface area (TPSA) is 50.9 Å². The lowest BCUT2D eigenvalue weighted by atomic mass is 9.90. The van der Waals surface area contributed by atoms with Crippen molar-refractivity contribution < 1.29 is 0 Å². The number of aryl methyl sites for hydroxylation is 1. The van der Waals surface area contributed by atoms with Crippen LogP contribution in [0.2, 0.25) is 0 Å². The van der Waals surface area contributed by atoms with Crippen molar-refractivity contribution in [2.24, 2.45) is 5.84 Å². The minimum absolute atomic E-state index is 0.308. The molecular weight excluding hydrogens is 150 g/mol. The van der Waals surface area contributed by atoms with Gasteiger partial charge >= 0.3 is 0 Å². The third-order valence-corrected chi connectivity index (χ3v) is 2.46. The van der Waals surface area contributed by atoms with Crippen molar-refractivity contribution in [2.75, 3.05) is 0 Å². The van der Waals surface area contributed by atoms with Crippen LogP contribution in [-0.4, -0.2) is 4.98 Å². The predicted octanol–water partition coefficient (Wildman–Crippen LogP) is 0.922. The third-order valence-electron chi connectivity index (χ3n) is 2.46. The minimum atomic E-state index is 0.308. The molecule has 1 aliphatic rings. The first-order valence-electron chi connectivity index (χ1n) is 4.30. The maximum absolute atomic E-state index is 5.44. The van der Waals surface area contributed by atoms with Gasteiger partial charge in [-0.05, 0) is 36.5 Å². The molecule has 1 heterocycles. The highest BCUT2D eigenvalue weighted by atomic mass is 15.2. The second kappa shape index (κ2) is 3.21. The minimum Gasteiger partial charge on any atom is -0.271 e. The van der Waals surface area contributed by atoms with Crippen LogP contribution < -0.4 is 11.3 Å². The molecule has 0 aromatic carbocycles. The number of nitrogens with zero attached hydrogens (tertiary/aromatic N) is 1. The van der Waals surface area contributed by atoms with Gasteiger partial charge in [-0.15, -0.1) is 0 Å². The lowest BCUT2D eigenvalue weighted by Gasteiger charge is -2.23. The normalized spacial score (nSPS) is 21.9. The van der Waals surface area contributed by atoms with Crippen molar-refractivity contribution in [2.45, 2.75) is 25.3 Å². The summed E-state index contributed by atoms with van der Waals surface area (Å²) in [5.41, 5.74) is 5.48. The number of hydrogen-bond acceptors (Lipinski definition) is 3. The molecule has 1 aromatic heterocycles. The van der Waals surface area contributed by atoms with Crippen molar-refractivity contribution >= 4 is 0 Å². The van der Waals surface area contributed by atoms with E-state index in [4.69, 9.17) is 5.84 Å². The average Bonchev–Trinajstić information content (AvgIpc) is 2.17. The maximum Gasteiger partial charge on any atom is 0.0478 e. The first-order valence-corrected chi connectivity index (χ1v) is 4.30. The molecule has 0 bridgehead atoms. The van der Waals surface area contributed by atoms with E-state index in [9.17, 15) is 0 Å². The molecule has 0 saturated heterocycles. The highest BCUT2D eigenvalue weighted by Crippen LogP contribution is 2.27. The fourth-order valence-corrected chi connectivity index (χ4v) is 1.80. The van der Waals surface area contributed by atoms with Gasteiger partial charge in [0.2, 0.25) is 0 Å². The zero-order valence-electron chi connectivity index (χ0n) is 6.96. The number of rotatable bonds is 1. The van der Waals surface area contributed by atoms with Gasteiger partial charge in [-0.25, -0.2) is 0 Å². The van der Waals surface area contributed by atoms with Crippen LogP contribution in [0.5, 0.6) is 0 Å². The van der Waals surface area contributed by atoms with Crippen molar-refractivity contribution in [1.82, 2.24) is 10.4 Å². The van der Waals surface area contributed by atoms with Crippen LogP contribution in [0, 0.1) is 0 Å². The molecule has 2 rings (SSSR count). The van der Waals surface area contributed by atoms with Crippen LogP contribution in [0.4, 0.5) is 0 Å². The van der Waals surface area contributed by atoms with E-state index in [-0.39, 0.29) is 0 Å². The molecule has 1 atom stereocenters. The molecule has 0 spiro atoms. The molecule has 3 heteroatoms. The Morgan fingerprint density at radius 1 is 1.58 bits per heavy atom. The molecule has 3 N–H and O–H groups in total. The summed E-state index contributed by atoms with van der Waals surface area (Å²) in [6.07, 6.45) is 7.26. The number of nitrogens with two attached hydrogens (primary N) is 1. The lowest BCUT2D eigenvalue weighted by Crippen LogP contribution is -2.30. The van der Waals surface area contributed by atoms with Crippen LogP contribution in [0.15, 0.2) is 18.5 Å². The van der Waals surface area contributed by atoms with E-state index < -0.39 is 0 Å². The SMILES string of the molecule is NN[C@H]1CCCc2ccncc21. The molecule has 64 valence electrons. The number of fused-ring (bicyclic) bond motifs is 1. The van der Waals surface area contributed by atoms with Gasteiger partial charge in [0.05, 0.1) is 0 Å². The van der Waals surface area contributed by atoms with Gasteiger partial charge in [0, 0.05) is 18.4 Å². The first kappa shape index (κ1) is 7.71. The van der Waals surface area contributed by atoms with E-state index in [1.807, 2.05) is 12.4 Å². The zero-order valence-corrected chi connectivity index (χ0v) is 6.96. The van der Waals surface area contributed by atoms with Gasteiger partial charge in [0.25, 0.3) is 0 Å². The van der Waals surface area contributed by atoms with Crippen LogP contribution in [-0.2, 0) is 6.42 Å². The fourth-order valence-electron chi connectivity index (χ4n) is 1.80. The predicted molar refractivity (Wildman–Crippen MR) is 47.2 cm³/mol. The van der Waals surface area contributed by atoms with Crippen molar-refractivity contribution in [1.29, 1.82) is 0 Å². The second-order valence-corrected chi connectivity index (χ2v) is 3.19. The van der Waals surface area contributed by atoms with E-state index in [0.717, 1.165) is 12.8 Å². The van der Waals surface area contributed by atoms with Crippen molar-refractivity contribution in [3.63, 3.8) is 0 Å². The highest BCUT2D eigenvalue weighted by molar-refractivity contribution is 5.28. The van der Waals surface area contributed by atoms with E-state index in [1.54, 1.807) is 0 Å². The lowest BCUT2D eigenvalue weighted by molar-refractivity contribution is 0.470. The Bertz CT molecular complexity index is 272. The number of pyridine rings is 1. The Kier molecular flexibility index (Phi) is 2.06. The Hall–Kier alpha value is -0.930. The molecule has 1 aromatic rings. The summed E-state index contributed by atoms with van der Waals surface area (Å²) in [5.74, 6) is 5.44. The first-order chi connectivity index (χ1) is 5.92. The van der Waals surface area contributed by atoms with Gasteiger partial charge in [-0.1, -0.05) is 0 Å². The Morgan fingerprint density at radius 2 is 2.50 bits per heavy atom. The molecule has 0 aliphatic heterocycles. The van der Waals surface area contributed by atoms with Gasteiger partial charge in [0.15, 0.2) is 0 Å². The third kappa shape index (κ3) is 1.21. The largest absolute Gasteiger partial charge is 0.271 e. The molecule has 0 amide bonds. The fraction of sp³-hybridized carbons (Fsp3) is 0.444. The van der Waals surface area contributed by atoms with Gasteiger partial charge in [-0.3, -0.25) is 16.3 Å². The summed E-state index contributed by atoms with van der Waals surface area (Å²) >= 11 is 0. The van der Waals surface area contributed by atoms with E-state index in [1.165, 1.54) is 17.5 Å². The number of nitrogens with one attached hydrogen (secondary N) is 1. The molecule has 3 nitrogen and oxygen atoms in total. The van der Waals surface area contributed by atoms with Crippen molar-refractivity contribution in [3.05, 3.63) is 29.6 Å². The maximum atomic E-state index is 5.44. The number of aromatic nitrogens is 1. The summed E-state index contributed by atoms with van der Waals surface area (Å²) in [6.45, 7) is 0. The zero-order chi connectivity index (χ0) is 8.39. The summed E-state index contributed by atoms with van der Waals surface area (Å²) in [4.78, 5) is 4.10. The second-order valence-electron chi connectivity index (χ2n) is 3.19. The summed E-state index contributed by atoms with van der Waals surface area (Å²) in [5, 5.41) is 0. The van der Waals surface area contributed by atoms with Crippen molar-refractivity contribution in [3.8, 4) is 0 Å². The number of hydrazine groups is 1. The molecule has 1 aliphatic carbocycles. The summed E-state index contributed by atoms with van der Waals surface area (Å²) in [7, 11) is 0. The van der Waals surface area contributed by atoms with Gasteiger partial charge in [-0.2, -0.15) is 0 Å². The summed E-state index contributed by atoms with van der Waals surface area (Å²) < 4.78 is 0. The van der Waals surface area contributed by atoms with Crippen LogP contribution in [0.25, 0.3) is 0 Å². The Morgan fingerprint density at radius 3 is 3.33 bits per heavy atom. The average molecular weight is 163 g/mol. The van der Waals surface area contributed by atoms with Crippen LogP contribution in [0.3, 0.4) is 0 Å². The number of hydrogen-bond donors (Lipinski definition) is 2. The molecule has 12 heavy (non-hydrogen) atoms. The summed E-state index contributed by atoms with van der Waals surface area (Å²) in [6, 6.07) is 2.39. The van der Waals surface area contributed by atoms with E-state index >= 15 is 0 Å².